The monoisotopic (exact) mass is 450 g/mol. The molecule has 0 bridgehead atoms. The lowest BCUT2D eigenvalue weighted by atomic mass is 10.1. The predicted octanol–water partition coefficient (Wildman–Crippen LogP) is 2.40. The minimum atomic E-state index is -0.749. The number of esters is 1. The van der Waals surface area contributed by atoms with E-state index in [0.717, 1.165) is 28.5 Å². The number of pyridine rings is 1. The second-order valence-corrected chi connectivity index (χ2v) is 8.37. The zero-order valence-corrected chi connectivity index (χ0v) is 19.1. The smallest absolute Gasteiger partial charge is 0.339 e. The molecular weight excluding hydrogens is 424 g/mol. The molecule has 0 atom stereocenters. The number of hydrogen-bond donors (Lipinski definition) is 1. The SMILES string of the molecule is CCOC(=O)c1cc(C2CC2)nc2c1c(=O)n(CC(=O)Nc1ccc(C)c(C)c1)c(=O)n2C. The van der Waals surface area contributed by atoms with Crippen LogP contribution in [0.2, 0.25) is 0 Å². The van der Waals surface area contributed by atoms with Gasteiger partial charge in [0.1, 0.15) is 12.2 Å². The molecule has 1 aromatic carbocycles. The number of nitrogens with zero attached hydrogens (tertiary/aromatic N) is 3. The average molecular weight is 450 g/mol. The molecule has 0 unspecified atom stereocenters. The Morgan fingerprint density at radius 3 is 2.52 bits per heavy atom. The maximum Gasteiger partial charge on any atom is 0.339 e. The summed E-state index contributed by atoms with van der Waals surface area (Å²) in [6.45, 7) is 5.20. The van der Waals surface area contributed by atoms with Crippen LogP contribution in [-0.2, 0) is 23.1 Å². The van der Waals surface area contributed by atoms with Crippen LogP contribution in [0.25, 0.3) is 11.0 Å². The van der Waals surface area contributed by atoms with E-state index in [9.17, 15) is 19.2 Å². The Kier molecular flexibility index (Phi) is 5.88. The Labute approximate surface area is 190 Å². The first-order valence-electron chi connectivity index (χ1n) is 10.9. The molecular formula is C24H26N4O5. The molecule has 0 aliphatic heterocycles. The van der Waals surface area contributed by atoms with Crippen LogP contribution in [0.5, 0.6) is 0 Å². The highest BCUT2D eigenvalue weighted by Gasteiger charge is 2.29. The van der Waals surface area contributed by atoms with E-state index in [1.54, 1.807) is 19.1 Å². The Hall–Kier alpha value is -3.75. The number of hydrogen-bond acceptors (Lipinski definition) is 6. The van der Waals surface area contributed by atoms with Crippen molar-refractivity contribution in [1.82, 2.24) is 14.1 Å². The molecule has 2 aromatic heterocycles. The van der Waals surface area contributed by atoms with Gasteiger partial charge in [0.15, 0.2) is 0 Å². The summed E-state index contributed by atoms with van der Waals surface area (Å²) in [6, 6.07) is 7.02. The van der Waals surface area contributed by atoms with Gasteiger partial charge in [-0.15, -0.1) is 0 Å². The maximum absolute atomic E-state index is 13.3. The van der Waals surface area contributed by atoms with E-state index in [1.165, 1.54) is 11.6 Å². The third-order valence-electron chi connectivity index (χ3n) is 5.90. The molecule has 0 spiro atoms. The van der Waals surface area contributed by atoms with Gasteiger partial charge in [0.2, 0.25) is 5.91 Å². The van der Waals surface area contributed by atoms with Crippen molar-refractivity contribution in [2.24, 2.45) is 7.05 Å². The lowest BCUT2D eigenvalue weighted by molar-refractivity contribution is -0.116. The largest absolute Gasteiger partial charge is 0.462 e. The first kappa shape index (κ1) is 22.4. The fraction of sp³-hybridized carbons (Fsp3) is 0.375. The van der Waals surface area contributed by atoms with Gasteiger partial charge in [0.05, 0.1) is 17.6 Å². The molecule has 172 valence electrons. The topological polar surface area (TPSA) is 112 Å². The number of fused-ring (bicyclic) bond motifs is 1. The molecule has 4 rings (SSSR count). The van der Waals surface area contributed by atoms with Gasteiger partial charge >= 0.3 is 11.7 Å². The van der Waals surface area contributed by atoms with Gasteiger partial charge < -0.3 is 10.1 Å². The predicted molar refractivity (Wildman–Crippen MR) is 124 cm³/mol. The molecule has 33 heavy (non-hydrogen) atoms. The summed E-state index contributed by atoms with van der Waals surface area (Å²) >= 11 is 0. The number of rotatable bonds is 6. The fourth-order valence-corrected chi connectivity index (χ4v) is 3.76. The van der Waals surface area contributed by atoms with Gasteiger partial charge in [-0.05, 0) is 62.9 Å². The van der Waals surface area contributed by atoms with Crippen LogP contribution in [0.4, 0.5) is 5.69 Å². The quantitative estimate of drug-likeness (QED) is 0.577. The molecule has 1 saturated carbocycles. The van der Waals surface area contributed by atoms with Crippen LogP contribution in [0.1, 0.15) is 52.9 Å². The first-order chi connectivity index (χ1) is 15.7. The van der Waals surface area contributed by atoms with Gasteiger partial charge in [0, 0.05) is 24.3 Å². The zero-order valence-electron chi connectivity index (χ0n) is 19.1. The van der Waals surface area contributed by atoms with Gasteiger partial charge in [0.25, 0.3) is 5.56 Å². The van der Waals surface area contributed by atoms with Crippen molar-refractivity contribution in [2.75, 3.05) is 11.9 Å². The van der Waals surface area contributed by atoms with Crippen molar-refractivity contribution in [3.05, 3.63) is 67.5 Å². The van der Waals surface area contributed by atoms with Crippen molar-refractivity contribution < 1.29 is 14.3 Å². The molecule has 9 heteroatoms. The number of anilines is 1. The number of aryl methyl sites for hydroxylation is 3. The number of amides is 1. The van der Waals surface area contributed by atoms with Crippen LogP contribution >= 0.6 is 0 Å². The summed E-state index contributed by atoms with van der Waals surface area (Å²) in [4.78, 5) is 56.2. The molecule has 2 heterocycles. The number of aromatic nitrogens is 3. The highest BCUT2D eigenvalue weighted by atomic mass is 16.5. The van der Waals surface area contributed by atoms with Crippen LogP contribution in [0.3, 0.4) is 0 Å². The normalized spacial score (nSPS) is 13.2. The van der Waals surface area contributed by atoms with E-state index in [0.29, 0.717) is 11.4 Å². The third-order valence-corrected chi connectivity index (χ3v) is 5.90. The van der Waals surface area contributed by atoms with E-state index in [4.69, 9.17) is 4.74 Å². The Morgan fingerprint density at radius 2 is 1.88 bits per heavy atom. The molecule has 1 amide bonds. The summed E-state index contributed by atoms with van der Waals surface area (Å²) in [5.41, 5.74) is 2.05. The third kappa shape index (κ3) is 4.30. The van der Waals surface area contributed by atoms with E-state index in [1.807, 2.05) is 26.0 Å². The first-order valence-corrected chi connectivity index (χ1v) is 10.9. The van der Waals surface area contributed by atoms with Crippen molar-refractivity contribution in [2.45, 2.75) is 46.1 Å². The summed E-state index contributed by atoms with van der Waals surface area (Å²) in [7, 11) is 1.47. The molecule has 1 aliphatic rings. The van der Waals surface area contributed by atoms with Gasteiger partial charge in [-0.1, -0.05) is 6.07 Å². The summed E-state index contributed by atoms with van der Waals surface area (Å²) < 4.78 is 7.18. The van der Waals surface area contributed by atoms with Gasteiger partial charge in [-0.25, -0.2) is 14.6 Å². The number of benzene rings is 1. The van der Waals surface area contributed by atoms with Crippen molar-refractivity contribution in [1.29, 1.82) is 0 Å². The van der Waals surface area contributed by atoms with Gasteiger partial charge in [-0.3, -0.25) is 18.7 Å². The van der Waals surface area contributed by atoms with Crippen LogP contribution < -0.4 is 16.6 Å². The summed E-state index contributed by atoms with van der Waals surface area (Å²) in [5, 5.41) is 2.69. The maximum atomic E-state index is 13.3. The number of carbonyl (C=O) groups is 2. The minimum Gasteiger partial charge on any atom is -0.462 e. The second-order valence-electron chi connectivity index (χ2n) is 8.37. The van der Waals surface area contributed by atoms with E-state index < -0.39 is 29.7 Å². The summed E-state index contributed by atoms with van der Waals surface area (Å²) in [6.07, 6.45) is 1.87. The van der Waals surface area contributed by atoms with E-state index >= 15 is 0 Å². The molecule has 1 N–H and O–H groups in total. The molecule has 1 fully saturated rings. The van der Waals surface area contributed by atoms with Crippen LogP contribution in [0.15, 0.2) is 33.9 Å². The molecule has 0 radical (unpaired) electrons. The zero-order chi connectivity index (χ0) is 23.9. The second kappa shape index (κ2) is 8.65. The van der Waals surface area contributed by atoms with Crippen LogP contribution in [0, 0.1) is 13.8 Å². The minimum absolute atomic E-state index is 0.0288. The van der Waals surface area contributed by atoms with E-state index in [-0.39, 0.29) is 29.1 Å². The van der Waals surface area contributed by atoms with E-state index in [2.05, 4.69) is 10.3 Å². The Bertz CT molecular complexity index is 1400. The van der Waals surface area contributed by atoms with Crippen molar-refractivity contribution in [3.63, 3.8) is 0 Å². The average Bonchev–Trinajstić information content (AvgIpc) is 3.62. The van der Waals surface area contributed by atoms with Crippen LogP contribution in [-0.4, -0.2) is 32.6 Å². The van der Waals surface area contributed by atoms with Gasteiger partial charge in [-0.2, -0.15) is 0 Å². The number of carbonyl (C=O) groups excluding carboxylic acids is 2. The Morgan fingerprint density at radius 1 is 1.15 bits per heavy atom. The Balaban J connectivity index is 1.79. The highest BCUT2D eigenvalue weighted by molar-refractivity contribution is 6.02. The standard InChI is InChI=1S/C24H26N4O5/c1-5-33-23(31)17-11-18(15-7-8-15)26-21-20(17)22(30)28(24(32)27(21)4)12-19(29)25-16-9-6-13(2)14(3)10-16/h6,9-11,15H,5,7-8,12H2,1-4H3,(H,25,29). The summed E-state index contributed by atoms with van der Waals surface area (Å²) in [5.74, 6) is -0.991. The molecule has 0 saturated heterocycles. The highest BCUT2D eigenvalue weighted by Crippen LogP contribution is 2.39. The van der Waals surface area contributed by atoms with Crippen molar-refractivity contribution >= 4 is 28.6 Å². The number of nitrogens with one attached hydrogen (secondary N) is 1. The lowest BCUT2D eigenvalue weighted by Gasteiger charge is -2.14. The molecule has 1 aliphatic carbocycles. The van der Waals surface area contributed by atoms with Crippen molar-refractivity contribution in [3.8, 4) is 0 Å². The lowest BCUT2D eigenvalue weighted by Crippen LogP contribution is -2.42. The fourth-order valence-electron chi connectivity index (χ4n) is 3.76. The molecule has 3 aromatic rings. The molecule has 9 nitrogen and oxygen atoms in total. The number of ether oxygens (including phenoxy) is 1.